The van der Waals surface area contributed by atoms with Crippen LogP contribution in [0.25, 0.3) is 0 Å². The molecule has 2 heteroatoms. The fraction of sp³-hybridized carbons (Fsp3) is 0.429. The van der Waals surface area contributed by atoms with E-state index in [2.05, 4.69) is 11.4 Å². The number of hydrogen-bond acceptors (Lipinski definition) is 2. The Bertz CT molecular complexity index is 196. The molecule has 48 valence electrons. The van der Waals surface area contributed by atoms with Crippen LogP contribution in [0.2, 0.25) is 0 Å². The van der Waals surface area contributed by atoms with Crippen LogP contribution in [0.3, 0.4) is 0 Å². The van der Waals surface area contributed by atoms with Crippen molar-refractivity contribution in [1.82, 2.24) is 0 Å². The topological polar surface area (TPSA) is 26.0 Å². The van der Waals surface area contributed by atoms with Crippen molar-refractivity contribution in [3.05, 3.63) is 21.9 Å². The van der Waals surface area contributed by atoms with Crippen molar-refractivity contribution in [2.75, 3.05) is 0 Å². The van der Waals surface area contributed by atoms with Crippen LogP contribution >= 0.6 is 11.3 Å². The Balaban J connectivity index is 2.39. The standard InChI is InChI=1S/C7H9NS/c8-6-3-5-1-2-9-7(5)4-6/h1-2,6H,3-4,8H2/t6-/m1/s1. The summed E-state index contributed by atoms with van der Waals surface area (Å²) in [5, 5.41) is 2.15. The average molecular weight is 139 g/mol. The summed E-state index contributed by atoms with van der Waals surface area (Å²) in [6, 6.07) is 2.60. The van der Waals surface area contributed by atoms with Gasteiger partial charge in [0, 0.05) is 10.9 Å². The molecule has 1 aliphatic rings. The smallest absolute Gasteiger partial charge is 0.0128 e. The maximum Gasteiger partial charge on any atom is 0.0128 e. The highest BCUT2D eigenvalue weighted by Gasteiger charge is 2.17. The van der Waals surface area contributed by atoms with Crippen LogP contribution in [-0.4, -0.2) is 6.04 Å². The summed E-state index contributed by atoms with van der Waals surface area (Å²) >= 11 is 1.84. The second-order valence-electron chi connectivity index (χ2n) is 2.54. The van der Waals surface area contributed by atoms with Crippen LogP contribution in [0.15, 0.2) is 11.4 Å². The average Bonchev–Trinajstić information content (AvgIpc) is 2.22. The lowest BCUT2D eigenvalue weighted by molar-refractivity contribution is 0.723. The van der Waals surface area contributed by atoms with Crippen molar-refractivity contribution in [3.63, 3.8) is 0 Å². The minimum atomic E-state index is 0.410. The molecule has 1 heterocycles. The van der Waals surface area contributed by atoms with Gasteiger partial charge in [-0.25, -0.2) is 0 Å². The summed E-state index contributed by atoms with van der Waals surface area (Å²) in [5.41, 5.74) is 7.22. The molecular formula is C7H9NS. The SMILES string of the molecule is N[C@@H]1Cc2ccsc2C1. The number of rotatable bonds is 0. The van der Waals surface area contributed by atoms with E-state index >= 15 is 0 Å². The summed E-state index contributed by atoms with van der Waals surface area (Å²) in [6.45, 7) is 0. The van der Waals surface area contributed by atoms with Gasteiger partial charge < -0.3 is 5.73 Å². The Morgan fingerprint density at radius 3 is 3.22 bits per heavy atom. The summed E-state index contributed by atoms with van der Waals surface area (Å²) < 4.78 is 0. The van der Waals surface area contributed by atoms with E-state index in [0.717, 1.165) is 12.8 Å². The molecule has 2 rings (SSSR count). The first-order chi connectivity index (χ1) is 4.36. The number of thiophene rings is 1. The maximum absolute atomic E-state index is 5.74. The molecule has 1 aliphatic carbocycles. The predicted molar refractivity (Wildman–Crippen MR) is 39.7 cm³/mol. The van der Waals surface area contributed by atoms with E-state index < -0.39 is 0 Å². The first kappa shape index (κ1) is 5.45. The second-order valence-corrected chi connectivity index (χ2v) is 3.54. The highest BCUT2D eigenvalue weighted by Crippen LogP contribution is 2.25. The molecule has 0 aromatic carbocycles. The van der Waals surface area contributed by atoms with Gasteiger partial charge in [0.25, 0.3) is 0 Å². The second kappa shape index (κ2) is 1.82. The van der Waals surface area contributed by atoms with Crippen molar-refractivity contribution in [2.24, 2.45) is 5.73 Å². The van der Waals surface area contributed by atoms with E-state index in [1.807, 2.05) is 11.3 Å². The molecule has 0 radical (unpaired) electrons. The summed E-state index contributed by atoms with van der Waals surface area (Å²) in [6.07, 6.45) is 2.20. The van der Waals surface area contributed by atoms with E-state index in [-0.39, 0.29) is 0 Å². The van der Waals surface area contributed by atoms with Crippen LogP contribution in [0.5, 0.6) is 0 Å². The molecule has 9 heavy (non-hydrogen) atoms. The van der Waals surface area contributed by atoms with Gasteiger partial charge in [-0.15, -0.1) is 11.3 Å². The van der Waals surface area contributed by atoms with Crippen LogP contribution in [0, 0.1) is 0 Å². The van der Waals surface area contributed by atoms with Gasteiger partial charge >= 0.3 is 0 Å². The maximum atomic E-state index is 5.74. The van der Waals surface area contributed by atoms with E-state index in [0.29, 0.717) is 6.04 Å². The molecule has 0 saturated carbocycles. The highest BCUT2D eigenvalue weighted by atomic mass is 32.1. The Kier molecular flexibility index (Phi) is 1.10. The van der Waals surface area contributed by atoms with Gasteiger partial charge in [-0.1, -0.05) is 0 Å². The molecule has 0 unspecified atom stereocenters. The van der Waals surface area contributed by atoms with Crippen molar-refractivity contribution < 1.29 is 0 Å². The molecular weight excluding hydrogens is 130 g/mol. The third-order valence-electron chi connectivity index (χ3n) is 1.77. The lowest BCUT2D eigenvalue weighted by Crippen LogP contribution is -2.19. The molecule has 0 saturated heterocycles. The quantitative estimate of drug-likeness (QED) is 0.573. The summed E-state index contributed by atoms with van der Waals surface area (Å²) in [4.78, 5) is 1.50. The zero-order chi connectivity index (χ0) is 6.27. The summed E-state index contributed by atoms with van der Waals surface area (Å²) in [5.74, 6) is 0. The zero-order valence-electron chi connectivity index (χ0n) is 5.13. The largest absolute Gasteiger partial charge is 0.327 e. The molecule has 0 aliphatic heterocycles. The molecule has 1 aromatic rings. The van der Waals surface area contributed by atoms with Gasteiger partial charge in [0.15, 0.2) is 0 Å². The molecule has 0 amide bonds. The predicted octanol–water partition coefficient (Wildman–Crippen LogP) is 1.17. The Hall–Kier alpha value is -0.340. The first-order valence-corrected chi connectivity index (χ1v) is 4.05. The van der Waals surface area contributed by atoms with Crippen molar-refractivity contribution in [1.29, 1.82) is 0 Å². The Labute approximate surface area is 58.5 Å². The molecule has 1 atom stereocenters. The van der Waals surface area contributed by atoms with Crippen LogP contribution in [0.4, 0.5) is 0 Å². The van der Waals surface area contributed by atoms with Crippen molar-refractivity contribution in [3.8, 4) is 0 Å². The monoisotopic (exact) mass is 139 g/mol. The fourth-order valence-electron chi connectivity index (χ4n) is 1.32. The minimum absolute atomic E-state index is 0.410. The molecule has 0 bridgehead atoms. The van der Waals surface area contributed by atoms with Gasteiger partial charge in [-0.05, 0) is 29.9 Å². The zero-order valence-corrected chi connectivity index (χ0v) is 5.95. The summed E-state index contributed by atoms with van der Waals surface area (Å²) in [7, 11) is 0. The normalized spacial score (nSPS) is 24.3. The first-order valence-electron chi connectivity index (χ1n) is 3.17. The van der Waals surface area contributed by atoms with Crippen LogP contribution in [-0.2, 0) is 12.8 Å². The molecule has 1 aromatic heterocycles. The lowest BCUT2D eigenvalue weighted by Gasteiger charge is -1.95. The van der Waals surface area contributed by atoms with E-state index in [4.69, 9.17) is 5.73 Å². The fourth-order valence-corrected chi connectivity index (χ4v) is 2.33. The van der Waals surface area contributed by atoms with Gasteiger partial charge in [-0.3, -0.25) is 0 Å². The lowest BCUT2D eigenvalue weighted by atomic mass is 10.2. The van der Waals surface area contributed by atoms with Gasteiger partial charge in [0.2, 0.25) is 0 Å². The van der Waals surface area contributed by atoms with Crippen LogP contribution < -0.4 is 5.73 Å². The molecule has 0 fully saturated rings. The van der Waals surface area contributed by atoms with Gasteiger partial charge in [-0.2, -0.15) is 0 Å². The highest BCUT2D eigenvalue weighted by molar-refractivity contribution is 7.10. The van der Waals surface area contributed by atoms with Gasteiger partial charge in [0.05, 0.1) is 0 Å². The van der Waals surface area contributed by atoms with Crippen molar-refractivity contribution in [2.45, 2.75) is 18.9 Å². The van der Waals surface area contributed by atoms with E-state index in [9.17, 15) is 0 Å². The molecule has 2 N–H and O–H groups in total. The Morgan fingerprint density at radius 1 is 1.56 bits per heavy atom. The third-order valence-corrected chi connectivity index (χ3v) is 2.75. The van der Waals surface area contributed by atoms with Crippen molar-refractivity contribution >= 4 is 11.3 Å². The molecule has 0 spiro atoms. The third kappa shape index (κ3) is 0.787. The van der Waals surface area contributed by atoms with Crippen LogP contribution in [0.1, 0.15) is 10.4 Å². The van der Waals surface area contributed by atoms with E-state index in [1.54, 1.807) is 0 Å². The number of nitrogens with two attached hydrogens (primary N) is 1. The Morgan fingerprint density at radius 2 is 2.44 bits per heavy atom. The molecule has 1 nitrogen and oxygen atoms in total. The number of hydrogen-bond donors (Lipinski definition) is 1. The minimum Gasteiger partial charge on any atom is -0.327 e. The number of fused-ring (bicyclic) bond motifs is 1. The van der Waals surface area contributed by atoms with E-state index in [1.165, 1.54) is 10.4 Å². The van der Waals surface area contributed by atoms with Gasteiger partial charge in [0.1, 0.15) is 0 Å².